The number of carbonyl (C=O) groups is 1. The highest BCUT2D eigenvalue weighted by Crippen LogP contribution is 2.25. The molecule has 0 aliphatic rings. The number of fused-ring (bicyclic) bond motifs is 1. The van der Waals surface area contributed by atoms with Gasteiger partial charge in [0.05, 0.1) is 0 Å². The molecule has 0 atom stereocenters. The zero-order valence-corrected chi connectivity index (χ0v) is 13.6. The molecule has 0 aliphatic heterocycles. The van der Waals surface area contributed by atoms with E-state index in [-0.39, 0.29) is 6.03 Å². The number of hydrogen-bond acceptors (Lipinski definition) is 2. The number of nitrogens with one attached hydrogen (secondary N) is 2. The van der Waals surface area contributed by atoms with E-state index in [1.807, 2.05) is 55.5 Å². The average molecular weight is 359 g/mol. The van der Waals surface area contributed by atoms with Crippen LogP contribution in [0, 0.1) is 6.92 Å². The summed E-state index contributed by atoms with van der Waals surface area (Å²) < 4.78 is 6.66. The summed E-state index contributed by atoms with van der Waals surface area (Å²) in [5, 5.41) is 6.69. The van der Waals surface area contributed by atoms with E-state index in [4.69, 9.17) is 4.42 Å². The average Bonchev–Trinajstić information content (AvgIpc) is 2.83. The van der Waals surface area contributed by atoms with Crippen molar-refractivity contribution in [3.63, 3.8) is 0 Å². The van der Waals surface area contributed by atoms with Gasteiger partial charge in [0.1, 0.15) is 11.3 Å². The number of aryl methyl sites for hydroxylation is 1. The molecule has 1 aromatic heterocycles. The quantitative estimate of drug-likeness (QED) is 0.704. The SMILES string of the molecule is Cc1oc2ccccc2c1CNC(=O)Nc1ccc(Br)cc1. The van der Waals surface area contributed by atoms with Crippen molar-refractivity contribution in [2.45, 2.75) is 13.5 Å². The molecule has 1 heterocycles. The fourth-order valence-electron chi connectivity index (χ4n) is 2.32. The molecule has 0 saturated heterocycles. The first-order valence-electron chi connectivity index (χ1n) is 6.91. The first-order valence-corrected chi connectivity index (χ1v) is 7.70. The molecule has 2 N–H and O–H groups in total. The topological polar surface area (TPSA) is 54.3 Å². The van der Waals surface area contributed by atoms with E-state index >= 15 is 0 Å². The van der Waals surface area contributed by atoms with E-state index in [1.54, 1.807) is 0 Å². The number of amides is 2. The van der Waals surface area contributed by atoms with Crippen LogP contribution in [-0.4, -0.2) is 6.03 Å². The van der Waals surface area contributed by atoms with Crippen molar-refractivity contribution < 1.29 is 9.21 Å². The van der Waals surface area contributed by atoms with Crippen molar-refractivity contribution in [3.8, 4) is 0 Å². The smallest absolute Gasteiger partial charge is 0.319 e. The molecule has 5 heteroatoms. The molecule has 4 nitrogen and oxygen atoms in total. The minimum absolute atomic E-state index is 0.244. The largest absolute Gasteiger partial charge is 0.461 e. The molecule has 0 spiro atoms. The van der Waals surface area contributed by atoms with Crippen molar-refractivity contribution in [1.29, 1.82) is 0 Å². The van der Waals surface area contributed by atoms with Gasteiger partial charge in [0.25, 0.3) is 0 Å². The van der Waals surface area contributed by atoms with Crippen LogP contribution in [0.25, 0.3) is 11.0 Å². The highest BCUT2D eigenvalue weighted by Gasteiger charge is 2.11. The van der Waals surface area contributed by atoms with Crippen LogP contribution in [0.1, 0.15) is 11.3 Å². The Kier molecular flexibility index (Phi) is 4.15. The van der Waals surface area contributed by atoms with Crippen LogP contribution in [0.2, 0.25) is 0 Å². The van der Waals surface area contributed by atoms with E-state index in [1.165, 1.54) is 0 Å². The van der Waals surface area contributed by atoms with Gasteiger partial charge in [0.2, 0.25) is 0 Å². The number of para-hydroxylation sites is 1. The van der Waals surface area contributed by atoms with Crippen LogP contribution < -0.4 is 10.6 Å². The van der Waals surface area contributed by atoms with Gasteiger partial charge in [-0.25, -0.2) is 4.79 Å². The van der Waals surface area contributed by atoms with Crippen LogP contribution in [-0.2, 0) is 6.54 Å². The van der Waals surface area contributed by atoms with Gasteiger partial charge in [-0.1, -0.05) is 34.1 Å². The number of carbonyl (C=O) groups excluding carboxylic acids is 1. The van der Waals surface area contributed by atoms with Gasteiger partial charge in [-0.3, -0.25) is 0 Å². The lowest BCUT2D eigenvalue weighted by molar-refractivity contribution is 0.251. The molecular weight excluding hydrogens is 344 g/mol. The molecule has 0 radical (unpaired) electrons. The predicted octanol–water partition coefficient (Wildman–Crippen LogP) is 4.83. The second kappa shape index (κ2) is 6.23. The van der Waals surface area contributed by atoms with E-state index in [0.717, 1.165) is 32.5 Å². The summed E-state index contributed by atoms with van der Waals surface area (Å²) >= 11 is 3.36. The second-order valence-corrected chi connectivity index (χ2v) is 5.86. The second-order valence-electron chi connectivity index (χ2n) is 4.95. The number of hydrogen-bond donors (Lipinski definition) is 2. The number of rotatable bonds is 3. The molecule has 2 amide bonds. The fourth-order valence-corrected chi connectivity index (χ4v) is 2.58. The van der Waals surface area contributed by atoms with Crippen molar-refractivity contribution in [2.24, 2.45) is 0 Å². The maximum absolute atomic E-state index is 12.0. The number of halogens is 1. The van der Waals surface area contributed by atoms with E-state index < -0.39 is 0 Å². The van der Waals surface area contributed by atoms with Crippen LogP contribution in [0.4, 0.5) is 10.5 Å². The Balaban J connectivity index is 1.67. The van der Waals surface area contributed by atoms with Crippen LogP contribution in [0.5, 0.6) is 0 Å². The first kappa shape index (κ1) is 14.7. The van der Waals surface area contributed by atoms with Crippen LogP contribution in [0.15, 0.2) is 57.4 Å². The molecule has 112 valence electrons. The summed E-state index contributed by atoms with van der Waals surface area (Å²) in [7, 11) is 0. The van der Waals surface area contributed by atoms with Crippen LogP contribution in [0.3, 0.4) is 0 Å². The predicted molar refractivity (Wildman–Crippen MR) is 91.0 cm³/mol. The summed E-state index contributed by atoms with van der Waals surface area (Å²) in [5.41, 5.74) is 2.58. The molecule has 2 aromatic carbocycles. The van der Waals surface area contributed by atoms with Gasteiger partial charge in [-0.2, -0.15) is 0 Å². The Hall–Kier alpha value is -2.27. The maximum Gasteiger partial charge on any atom is 0.319 e. The maximum atomic E-state index is 12.0. The molecule has 3 rings (SSSR count). The first-order chi connectivity index (χ1) is 10.6. The Labute approximate surface area is 136 Å². The van der Waals surface area contributed by atoms with Gasteiger partial charge in [0.15, 0.2) is 0 Å². The van der Waals surface area contributed by atoms with Gasteiger partial charge in [0, 0.05) is 27.7 Å². The van der Waals surface area contributed by atoms with Crippen molar-refractivity contribution in [1.82, 2.24) is 5.32 Å². The van der Waals surface area contributed by atoms with Gasteiger partial charge < -0.3 is 15.1 Å². The summed E-state index contributed by atoms with van der Waals surface area (Å²) in [6, 6.07) is 15.0. The lowest BCUT2D eigenvalue weighted by Crippen LogP contribution is -2.28. The number of urea groups is 1. The Bertz CT molecular complexity index is 809. The monoisotopic (exact) mass is 358 g/mol. The molecule has 22 heavy (non-hydrogen) atoms. The Morgan fingerprint density at radius 2 is 1.86 bits per heavy atom. The van der Waals surface area contributed by atoms with Crippen LogP contribution >= 0.6 is 15.9 Å². The van der Waals surface area contributed by atoms with E-state index in [0.29, 0.717) is 6.54 Å². The molecule has 0 unspecified atom stereocenters. The molecular formula is C17H15BrN2O2. The third-order valence-electron chi connectivity index (χ3n) is 3.43. The normalized spacial score (nSPS) is 10.6. The van der Waals surface area contributed by atoms with E-state index in [2.05, 4.69) is 26.6 Å². The van der Waals surface area contributed by atoms with Gasteiger partial charge >= 0.3 is 6.03 Å². The number of furan rings is 1. The van der Waals surface area contributed by atoms with E-state index in [9.17, 15) is 4.79 Å². The standard InChI is InChI=1S/C17H15BrN2O2/c1-11-15(14-4-2-3-5-16(14)22-11)10-19-17(21)20-13-8-6-12(18)7-9-13/h2-9H,10H2,1H3,(H2,19,20,21). The number of benzene rings is 2. The zero-order chi connectivity index (χ0) is 15.5. The Morgan fingerprint density at radius 1 is 1.14 bits per heavy atom. The summed E-state index contributed by atoms with van der Waals surface area (Å²) in [6.45, 7) is 2.33. The lowest BCUT2D eigenvalue weighted by atomic mass is 10.1. The molecule has 0 fully saturated rings. The minimum Gasteiger partial charge on any atom is -0.461 e. The third kappa shape index (κ3) is 3.14. The highest BCUT2D eigenvalue weighted by molar-refractivity contribution is 9.10. The van der Waals surface area contributed by atoms with Crippen molar-refractivity contribution in [3.05, 3.63) is 64.3 Å². The lowest BCUT2D eigenvalue weighted by Gasteiger charge is -2.07. The number of anilines is 1. The summed E-state index contributed by atoms with van der Waals surface area (Å²) in [4.78, 5) is 12.0. The summed E-state index contributed by atoms with van der Waals surface area (Å²) in [5.74, 6) is 0.824. The van der Waals surface area contributed by atoms with Gasteiger partial charge in [-0.05, 0) is 37.3 Å². The molecule has 0 saturated carbocycles. The Morgan fingerprint density at radius 3 is 2.64 bits per heavy atom. The fraction of sp³-hybridized carbons (Fsp3) is 0.118. The molecule has 0 aliphatic carbocycles. The van der Waals surface area contributed by atoms with Gasteiger partial charge in [-0.15, -0.1) is 0 Å². The highest BCUT2D eigenvalue weighted by atomic mass is 79.9. The molecule has 3 aromatic rings. The van der Waals surface area contributed by atoms with Crippen molar-refractivity contribution in [2.75, 3.05) is 5.32 Å². The summed E-state index contributed by atoms with van der Waals surface area (Å²) in [6.07, 6.45) is 0. The zero-order valence-electron chi connectivity index (χ0n) is 12.0. The van der Waals surface area contributed by atoms with Crippen molar-refractivity contribution >= 4 is 38.6 Å². The third-order valence-corrected chi connectivity index (χ3v) is 3.96. The molecule has 0 bridgehead atoms. The minimum atomic E-state index is -0.244.